The number of hydrogen-bond acceptors (Lipinski definition) is 3. The molecule has 0 atom stereocenters. The number of nitrogens with zero attached hydrogens (tertiary/aromatic N) is 2. The summed E-state index contributed by atoms with van der Waals surface area (Å²) in [5.74, 6) is -1.58. The van der Waals surface area contributed by atoms with Gasteiger partial charge in [0.25, 0.3) is 5.91 Å². The number of ether oxygens (including phenoxy) is 1. The SMILES string of the molecule is O=C(CCCOc1ccccc1)N1CCN(C(=O)c2ccc(F)c(F)c2)CC1. The number of carbonyl (C=O) groups excluding carboxylic acids is 2. The van der Waals surface area contributed by atoms with E-state index in [1.54, 1.807) is 9.80 Å². The van der Waals surface area contributed by atoms with Crippen molar-refractivity contribution in [2.75, 3.05) is 32.8 Å². The summed E-state index contributed by atoms with van der Waals surface area (Å²) in [5.41, 5.74) is 0.108. The van der Waals surface area contributed by atoms with Gasteiger partial charge in [-0.05, 0) is 36.8 Å². The maximum Gasteiger partial charge on any atom is 0.254 e. The van der Waals surface area contributed by atoms with Crippen LogP contribution in [0.25, 0.3) is 0 Å². The predicted molar refractivity (Wildman–Crippen MR) is 100 cm³/mol. The summed E-state index contributed by atoms with van der Waals surface area (Å²) in [5, 5.41) is 0. The van der Waals surface area contributed by atoms with E-state index in [-0.39, 0.29) is 17.4 Å². The van der Waals surface area contributed by atoms with Crippen LogP contribution < -0.4 is 4.74 Å². The molecule has 0 unspecified atom stereocenters. The van der Waals surface area contributed by atoms with Gasteiger partial charge < -0.3 is 14.5 Å². The summed E-state index contributed by atoms with van der Waals surface area (Å²) in [7, 11) is 0. The quantitative estimate of drug-likeness (QED) is 0.715. The number of hydrogen-bond donors (Lipinski definition) is 0. The van der Waals surface area contributed by atoms with E-state index in [9.17, 15) is 18.4 Å². The van der Waals surface area contributed by atoms with Crippen LogP contribution in [0.1, 0.15) is 23.2 Å². The molecule has 1 heterocycles. The number of amides is 2. The Hall–Kier alpha value is -2.96. The first kappa shape index (κ1) is 19.8. The molecule has 2 amide bonds. The highest BCUT2D eigenvalue weighted by Gasteiger charge is 2.25. The fraction of sp³-hybridized carbons (Fsp3) is 0.333. The minimum absolute atomic E-state index is 0.0246. The fourth-order valence-electron chi connectivity index (χ4n) is 3.06. The number of halogens is 2. The van der Waals surface area contributed by atoms with Crippen molar-refractivity contribution in [3.63, 3.8) is 0 Å². The molecule has 5 nitrogen and oxygen atoms in total. The van der Waals surface area contributed by atoms with E-state index in [1.807, 2.05) is 30.3 Å². The van der Waals surface area contributed by atoms with Crippen molar-refractivity contribution in [2.45, 2.75) is 12.8 Å². The van der Waals surface area contributed by atoms with Crippen LogP contribution in [-0.4, -0.2) is 54.4 Å². The Balaban J connectivity index is 1.41. The standard InChI is InChI=1S/C21H22F2N2O3/c22-18-9-8-16(15-19(18)23)21(27)25-12-10-24(11-13-25)20(26)7-4-14-28-17-5-2-1-3-6-17/h1-3,5-6,8-9,15H,4,7,10-14H2. The van der Waals surface area contributed by atoms with Crippen molar-refractivity contribution in [3.8, 4) is 5.75 Å². The van der Waals surface area contributed by atoms with Gasteiger partial charge in [0.1, 0.15) is 5.75 Å². The third kappa shape index (κ3) is 5.06. The number of piperazine rings is 1. The number of para-hydroxylation sites is 1. The van der Waals surface area contributed by atoms with Gasteiger partial charge in [-0.1, -0.05) is 18.2 Å². The highest BCUT2D eigenvalue weighted by atomic mass is 19.2. The lowest BCUT2D eigenvalue weighted by atomic mass is 10.1. The minimum atomic E-state index is -1.04. The average molecular weight is 388 g/mol. The Morgan fingerprint density at radius 3 is 2.25 bits per heavy atom. The Labute approximate surface area is 162 Å². The molecule has 2 aromatic carbocycles. The van der Waals surface area contributed by atoms with Gasteiger partial charge in [0.05, 0.1) is 6.61 Å². The average Bonchev–Trinajstić information content (AvgIpc) is 2.73. The molecule has 28 heavy (non-hydrogen) atoms. The highest BCUT2D eigenvalue weighted by Crippen LogP contribution is 2.14. The molecule has 1 aliphatic heterocycles. The molecule has 0 aliphatic carbocycles. The van der Waals surface area contributed by atoms with Crippen LogP contribution in [-0.2, 0) is 4.79 Å². The van der Waals surface area contributed by atoms with E-state index in [4.69, 9.17) is 4.74 Å². The number of carbonyl (C=O) groups is 2. The lowest BCUT2D eigenvalue weighted by Crippen LogP contribution is -2.50. The van der Waals surface area contributed by atoms with Crippen molar-refractivity contribution in [1.82, 2.24) is 9.80 Å². The molecule has 0 saturated carbocycles. The molecule has 148 valence electrons. The zero-order chi connectivity index (χ0) is 19.9. The summed E-state index contributed by atoms with van der Waals surface area (Å²) < 4.78 is 31.9. The smallest absolute Gasteiger partial charge is 0.254 e. The highest BCUT2D eigenvalue weighted by molar-refractivity contribution is 5.94. The molecular weight excluding hydrogens is 366 g/mol. The largest absolute Gasteiger partial charge is 0.494 e. The van der Waals surface area contributed by atoms with Gasteiger partial charge in [0.2, 0.25) is 5.91 Å². The van der Waals surface area contributed by atoms with Crippen LogP contribution in [0.5, 0.6) is 5.75 Å². The van der Waals surface area contributed by atoms with Gasteiger partial charge in [0.15, 0.2) is 11.6 Å². The molecule has 7 heteroatoms. The Morgan fingerprint density at radius 1 is 0.893 bits per heavy atom. The zero-order valence-electron chi connectivity index (χ0n) is 15.4. The summed E-state index contributed by atoms with van der Waals surface area (Å²) in [4.78, 5) is 28.0. The van der Waals surface area contributed by atoms with E-state index in [1.165, 1.54) is 6.07 Å². The second-order valence-electron chi connectivity index (χ2n) is 6.57. The normalized spacial score (nSPS) is 14.1. The molecule has 0 spiro atoms. The molecule has 3 rings (SSSR count). The van der Waals surface area contributed by atoms with Gasteiger partial charge in [-0.2, -0.15) is 0 Å². The van der Waals surface area contributed by atoms with Gasteiger partial charge in [0, 0.05) is 38.2 Å². The van der Waals surface area contributed by atoms with Crippen molar-refractivity contribution in [1.29, 1.82) is 0 Å². The van der Waals surface area contributed by atoms with Gasteiger partial charge >= 0.3 is 0 Å². The maximum atomic E-state index is 13.3. The van der Waals surface area contributed by atoms with E-state index < -0.39 is 11.6 Å². The first-order chi connectivity index (χ1) is 13.5. The molecule has 1 saturated heterocycles. The van der Waals surface area contributed by atoms with Gasteiger partial charge in [-0.15, -0.1) is 0 Å². The van der Waals surface area contributed by atoms with E-state index in [2.05, 4.69) is 0 Å². The van der Waals surface area contributed by atoms with Crippen molar-refractivity contribution in [3.05, 3.63) is 65.7 Å². The van der Waals surface area contributed by atoms with Crippen molar-refractivity contribution < 1.29 is 23.1 Å². The molecular formula is C21H22F2N2O3. The van der Waals surface area contributed by atoms with Crippen LogP contribution in [0.4, 0.5) is 8.78 Å². The Kier molecular flexibility index (Phi) is 6.57. The topological polar surface area (TPSA) is 49.9 Å². The minimum Gasteiger partial charge on any atom is -0.494 e. The lowest BCUT2D eigenvalue weighted by molar-refractivity contribution is -0.132. The molecule has 0 radical (unpaired) electrons. The first-order valence-corrected chi connectivity index (χ1v) is 9.24. The summed E-state index contributed by atoms with van der Waals surface area (Å²) in [6.45, 7) is 2.04. The second kappa shape index (κ2) is 9.30. The number of benzene rings is 2. The third-order valence-corrected chi connectivity index (χ3v) is 4.63. The molecule has 1 fully saturated rings. The summed E-state index contributed by atoms with van der Waals surface area (Å²) in [6, 6.07) is 12.5. The monoisotopic (exact) mass is 388 g/mol. The van der Waals surface area contributed by atoms with Crippen LogP contribution in [0.3, 0.4) is 0 Å². The number of rotatable bonds is 6. The third-order valence-electron chi connectivity index (χ3n) is 4.63. The molecule has 0 bridgehead atoms. The van der Waals surface area contributed by atoms with Crippen LogP contribution in [0, 0.1) is 11.6 Å². The Bertz CT molecular complexity index is 822. The van der Waals surface area contributed by atoms with Crippen LogP contribution >= 0.6 is 0 Å². The molecule has 1 aliphatic rings. The van der Waals surface area contributed by atoms with Gasteiger partial charge in [-0.25, -0.2) is 8.78 Å². The van der Waals surface area contributed by atoms with Gasteiger partial charge in [-0.3, -0.25) is 9.59 Å². The van der Waals surface area contributed by atoms with E-state index in [0.29, 0.717) is 45.6 Å². The second-order valence-corrected chi connectivity index (χ2v) is 6.57. The summed E-state index contributed by atoms with van der Waals surface area (Å²) >= 11 is 0. The van der Waals surface area contributed by atoms with Crippen LogP contribution in [0.15, 0.2) is 48.5 Å². The lowest BCUT2D eigenvalue weighted by Gasteiger charge is -2.35. The molecule has 0 aromatic heterocycles. The Morgan fingerprint density at radius 2 is 1.57 bits per heavy atom. The van der Waals surface area contributed by atoms with E-state index >= 15 is 0 Å². The molecule has 2 aromatic rings. The van der Waals surface area contributed by atoms with E-state index in [0.717, 1.165) is 17.9 Å². The molecule has 0 N–H and O–H groups in total. The predicted octanol–water partition coefficient (Wildman–Crippen LogP) is 3.11. The van der Waals surface area contributed by atoms with Crippen molar-refractivity contribution >= 4 is 11.8 Å². The van der Waals surface area contributed by atoms with Crippen LogP contribution in [0.2, 0.25) is 0 Å². The first-order valence-electron chi connectivity index (χ1n) is 9.24. The van der Waals surface area contributed by atoms with Crippen molar-refractivity contribution in [2.24, 2.45) is 0 Å². The zero-order valence-corrected chi connectivity index (χ0v) is 15.4. The maximum absolute atomic E-state index is 13.3. The fourth-order valence-corrected chi connectivity index (χ4v) is 3.06. The summed E-state index contributed by atoms with van der Waals surface area (Å²) in [6.07, 6.45) is 0.992.